The number of carbonyl (C=O) groups excluding carboxylic acids is 2. The number of hydrogen-bond acceptors (Lipinski definition) is 6. The van der Waals surface area contributed by atoms with Crippen LogP contribution < -0.4 is 25.6 Å². The number of fused-ring (bicyclic) bond motifs is 2. The second kappa shape index (κ2) is 9.49. The second-order valence-corrected chi connectivity index (χ2v) is 10.4. The maximum absolute atomic E-state index is 13.0. The van der Waals surface area contributed by atoms with Gasteiger partial charge in [0, 0.05) is 42.0 Å². The Bertz CT molecular complexity index is 1080. The number of nitrogens with one attached hydrogen (secondary N) is 3. The molecule has 3 N–H and O–H groups in total. The van der Waals surface area contributed by atoms with E-state index in [0.717, 1.165) is 62.3 Å². The third kappa shape index (κ3) is 4.72. The Balaban J connectivity index is 1.22. The molecule has 3 fully saturated rings. The summed E-state index contributed by atoms with van der Waals surface area (Å²) >= 11 is 0. The molecule has 1 aromatic carbocycles. The number of ether oxygens (including phenoxy) is 1. The number of rotatable bonds is 6. The first-order valence-corrected chi connectivity index (χ1v) is 12.6. The fourth-order valence-corrected chi connectivity index (χ4v) is 5.96. The quantitative estimate of drug-likeness (QED) is 0.592. The maximum Gasteiger partial charge on any atom is 0.253 e. The second-order valence-electron chi connectivity index (χ2n) is 10.4. The van der Waals surface area contributed by atoms with Crippen LogP contribution in [0.15, 0.2) is 36.5 Å². The van der Waals surface area contributed by atoms with Crippen LogP contribution in [-0.4, -0.2) is 60.7 Å². The molecule has 0 spiro atoms. The van der Waals surface area contributed by atoms with E-state index < -0.39 is 0 Å². The van der Waals surface area contributed by atoms with E-state index in [1.807, 2.05) is 37.3 Å². The van der Waals surface area contributed by atoms with Crippen molar-refractivity contribution in [2.24, 2.45) is 0 Å². The van der Waals surface area contributed by atoms with Crippen LogP contribution in [0.25, 0.3) is 0 Å². The predicted octanol–water partition coefficient (Wildman–Crippen LogP) is 2.81. The van der Waals surface area contributed by atoms with E-state index >= 15 is 0 Å². The first kappa shape index (κ1) is 23.6. The molecule has 35 heavy (non-hydrogen) atoms. The minimum Gasteiger partial charge on any atom is -0.496 e. The van der Waals surface area contributed by atoms with Crippen LogP contribution in [0.1, 0.15) is 65.3 Å². The number of hydrogen-bond donors (Lipinski definition) is 3. The lowest BCUT2D eigenvalue weighted by atomic mass is 9.96. The molecule has 0 radical (unpaired) electrons. The molecule has 3 saturated heterocycles. The molecule has 2 aromatic rings. The smallest absolute Gasteiger partial charge is 0.253 e. The van der Waals surface area contributed by atoms with Gasteiger partial charge in [0.25, 0.3) is 11.8 Å². The van der Waals surface area contributed by atoms with Crippen molar-refractivity contribution in [3.63, 3.8) is 0 Å². The highest BCUT2D eigenvalue weighted by molar-refractivity contribution is 5.96. The molecule has 3 atom stereocenters. The molecule has 0 saturated carbocycles. The van der Waals surface area contributed by atoms with Crippen molar-refractivity contribution in [3.8, 4) is 5.75 Å². The highest BCUT2D eigenvalue weighted by atomic mass is 16.5. The van der Waals surface area contributed by atoms with Crippen LogP contribution in [0.2, 0.25) is 0 Å². The lowest BCUT2D eigenvalue weighted by molar-refractivity contribution is 0.0908. The molecule has 186 valence electrons. The largest absolute Gasteiger partial charge is 0.496 e. The normalized spacial score (nSPS) is 27.5. The van der Waals surface area contributed by atoms with Crippen LogP contribution in [0.5, 0.6) is 5.75 Å². The minimum atomic E-state index is -0.204. The van der Waals surface area contributed by atoms with Crippen molar-refractivity contribution in [1.29, 1.82) is 0 Å². The van der Waals surface area contributed by atoms with Gasteiger partial charge in [-0.2, -0.15) is 0 Å². The topological polar surface area (TPSA) is 95.6 Å². The summed E-state index contributed by atoms with van der Waals surface area (Å²) in [7, 11) is 1.62. The van der Waals surface area contributed by atoms with Gasteiger partial charge in [-0.25, -0.2) is 4.98 Å². The lowest BCUT2D eigenvalue weighted by Gasteiger charge is -2.40. The first-order valence-electron chi connectivity index (χ1n) is 12.6. The highest BCUT2D eigenvalue weighted by Gasteiger charge is 2.42. The Kier molecular flexibility index (Phi) is 6.40. The minimum absolute atomic E-state index is 0.0427. The predicted molar refractivity (Wildman–Crippen MR) is 135 cm³/mol. The van der Waals surface area contributed by atoms with Gasteiger partial charge in [0.1, 0.15) is 11.6 Å². The summed E-state index contributed by atoms with van der Waals surface area (Å²) in [6, 6.07) is 10.2. The van der Waals surface area contributed by atoms with Crippen LogP contribution in [0.3, 0.4) is 0 Å². The summed E-state index contributed by atoms with van der Waals surface area (Å²) in [5.74, 6) is 1.52. The van der Waals surface area contributed by atoms with Crippen LogP contribution in [0.4, 0.5) is 5.82 Å². The Hall–Kier alpha value is -3.13. The van der Waals surface area contributed by atoms with E-state index in [0.29, 0.717) is 23.2 Å². The summed E-state index contributed by atoms with van der Waals surface area (Å²) in [5.41, 5.74) is 1.91. The van der Waals surface area contributed by atoms with E-state index in [4.69, 9.17) is 4.74 Å². The summed E-state index contributed by atoms with van der Waals surface area (Å²) < 4.78 is 5.37. The molecule has 1 aromatic heterocycles. The average molecular weight is 478 g/mol. The zero-order valence-corrected chi connectivity index (χ0v) is 20.8. The Morgan fingerprint density at radius 1 is 1.14 bits per heavy atom. The van der Waals surface area contributed by atoms with Crippen LogP contribution in [-0.2, 0) is 0 Å². The summed E-state index contributed by atoms with van der Waals surface area (Å²) in [5, 5.41) is 9.71. The van der Waals surface area contributed by atoms with E-state index in [-0.39, 0.29) is 23.4 Å². The van der Waals surface area contributed by atoms with Gasteiger partial charge in [-0.15, -0.1) is 0 Å². The van der Waals surface area contributed by atoms with Gasteiger partial charge in [0.05, 0.1) is 18.2 Å². The van der Waals surface area contributed by atoms with Gasteiger partial charge < -0.3 is 25.6 Å². The molecule has 4 heterocycles. The molecule has 8 nitrogen and oxygen atoms in total. The molecule has 2 bridgehead atoms. The van der Waals surface area contributed by atoms with Gasteiger partial charge >= 0.3 is 0 Å². The third-order valence-corrected chi connectivity index (χ3v) is 7.88. The standard InChI is InChI=1S/C27H35N5O3/c1-17-22(5-4-6-23(17)35-3)26(34)30-19-13-20-8-9-21(14-19)32(20)24-10-7-18(15-29-24)25(33)31-27(2)11-12-28-16-27/h4-7,10,15,19-21,28H,8-9,11-14,16H2,1-3H3,(H,30,34)(H,31,33)/t19?,20?,21?,27-/m1/s1. The summed E-state index contributed by atoms with van der Waals surface area (Å²) in [4.78, 5) is 32.8. The van der Waals surface area contributed by atoms with Crippen LogP contribution in [0, 0.1) is 6.92 Å². The number of nitrogens with zero attached hydrogens (tertiary/aromatic N) is 2. The fourth-order valence-electron chi connectivity index (χ4n) is 5.96. The number of anilines is 1. The Morgan fingerprint density at radius 3 is 2.54 bits per heavy atom. The number of methoxy groups -OCH3 is 1. The van der Waals surface area contributed by atoms with E-state index in [1.54, 1.807) is 13.3 Å². The van der Waals surface area contributed by atoms with Crippen molar-refractivity contribution >= 4 is 17.6 Å². The number of amides is 2. The Labute approximate surface area is 206 Å². The third-order valence-electron chi connectivity index (χ3n) is 7.88. The van der Waals surface area contributed by atoms with Gasteiger partial charge in [-0.1, -0.05) is 6.07 Å². The van der Waals surface area contributed by atoms with Gasteiger partial charge in [-0.05, 0) is 76.8 Å². The molecular formula is C27H35N5O3. The lowest BCUT2D eigenvalue weighted by Crippen LogP contribution is -2.51. The Morgan fingerprint density at radius 2 is 1.91 bits per heavy atom. The average Bonchev–Trinajstić information content (AvgIpc) is 3.39. The van der Waals surface area contributed by atoms with Gasteiger partial charge in [-0.3, -0.25) is 9.59 Å². The fraction of sp³-hybridized carbons (Fsp3) is 0.519. The molecule has 3 aliphatic heterocycles. The van der Waals surface area contributed by atoms with Gasteiger partial charge in [0.15, 0.2) is 0 Å². The van der Waals surface area contributed by atoms with Crippen LogP contribution >= 0.6 is 0 Å². The van der Waals surface area contributed by atoms with Gasteiger partial charge in [0.2, 0.25) is 0 Å². The molecule has 8 heteroatoms. The van der Waals surface area contributed by atoms with Crippen molar-refractivity contribution in [3.05, 3.63) is 53.2 Å². The molecule has 3 aliphatic rings. The monoisotopic (exact) mass is 477 g/mol. The molecule has 2 amide bonds. The number of piperidine rings is 1. The van der Waals surface area contributed by atoms with Crippen molar-refractivity contribution in [1.82, 2.24) is 20.9 Å². The highest BCUT2D eigenvalue weighted by Crippen LogP contribution is 2.38. The number of benzene rings is 1. The summed E-state index contributed by atoms with van der Waals surface area (Å²) in [6.45, 7) is 5.70. The number of pyridine rings is 1. The molecular weight excluding hydrogens is 442 g/mol. The SMILES string of the molecule is COc1cccc(C(=O)NC2CC3CCC(C2)N3c2ccc(C(=O)N[C@]3(C)CCNC3)cn2)c1C. The van der Waals surface area contributed by atoms with E-state index in [2.05, 4.69) is 32.8 Å². The van der Waals surface area contributed by atoms with E-state index in [1.165, 1.54) is 0 Å². The zero-order chi connectivity index (χ0) is 24.6. The molecule has 0 aliphatic carbocycles. The van der Waals surface area contributed by atoms with Crippen molar-refractivity contribution in [2.75, 3.05) is 25.1 Å². The van der Waals surface area contributed by atoms with Crippen molar-refractivity contribution in [2.45, 2.75) is 69.6 Å². The zero-order valence-electron chi connectivity index (χ0n) is 20.8. The molecule has 2 unspecified atom stereocenters. The maximum atomic E-state index is 13.0. The summed E-state index contributed by atoms with van der Waals surface area (Å²) in [6.07, 6.45) is 6.57. The number of carbonyl (C=O) groups is 2. The first-order chi connectivity index (χ1) is 16.9. The van der Waals surface area contributed by atoms with Crippen molar-refractivity contribution < 1.29 is 14.3 Å². The van der Waals surface area contributed by atoms with E-state index in [9.17, 15) is 9.59 Å². The molecule has 5 rings (SSSR count). The number of aromatic nitrogens is 1.